The van der Waals surface area contributed by atoms with Crippen molar-refractivity contribution in [3.63, 3.8) is 0 Å². The van der Waals surface area contributed by atoms with Crippen molar-refractivity contribution in [2.45, 2.75) is 26.8 Å². The van der Waals surface area contributed by atoms with E-state index in [4.69, 9.17) is 4.74 Å². The Morgan fingerprint density at radius 1 is 0.966 bits per heavy atom. The monoisotopic (exact) mass is 397 g/mol. The summed E-state index contributed by atoms with van der Waals surface area (Å²) in [7, 11) is 0. The van der Waals surface area contributed by atoms with Crippen LogP contribution in [0, 0.1) is 6.92 Å². The number of carbonyl (C=O) groups excluding carboxylic acids is 4. The molecular weight excluding hydrogens is 374 g/mol. The van der Waals surface area contributed by atoms with Gasteiger partial charge in [-0.05, 0) is 44.2 Å². The molecule has 8 nitrogen and oxygen atoms in total. The summed E-state index contributed by atoms with van der Waals surface area (Å²) in [6.07, 6.45) is 0. The number of amides is 3. The highest BCUT2D eigenvalue weighted by atomic mass is 16.5. The molecule has 0 aromatic heterocycles. The Kier molecular flexibility index (Phi) is 7.47. The van der Waals surface area contributed by atoms with Crippen LogP contribution in [0.4, 0.5) is 11.4 Å². The van der Waals surface area contributed by atoms with Crippen LogP contribution in [-0.4, -0.2) is 36.3 Å². The Bertz CT molecular complexity index is 926. The van der Waals surface area contributed by atoms with Gasteiger partial charge in [0, 0.05) is 23.9 Å². The van der Waals surface area contributed by atoms with Crippen LogP contribution in [0.3, 0.4) is 0 Å². The van der Waals surface area contributed by atoms with Crippen molar-refractivity contribution >= 4 is 35.1 Å². The predicted octanol–water partition coefficient (Wildman–Crippen LogP) is 2.25. The van der Waals surface area contributed by atoms with Gasteiger partial charge in [0.25, 0.3) is 11.8 Å². The van der Waals surface area contributed by atoms with E-state index in [9.17, 15) is 19.2 Å². The van der Waals surface area contributed by atoms with E-state index in [1.54, 1.807) is 42.5 Å². The lowest BCUT2D eigenvalue weighted by atomic mass is 10.1. The fourth-order valence-electron chi connectivity index (χ4n) is 2.46. The third-order valence-corrected chi connectivity index (χ3v) is 3.79. The van der Waals surface area contributed by atoms with E-state index in [1.807, 2.05) is 13.0 Å². The Morgan fingerprint density at radius 2 is 1.62 bits per heavy atom. The number of esters is 1. The predicted molar refractivity (Wildman–Crippen MR) is 108 cm³/mol. The van der Waals surface area contributed by atoms with E-state index < -0.39 is 30.4 Å². The molecule has 0 saturated carbocycles. The molecular formula is C21H23N3O5. The van der Waals surface area contributed by atoms with Gasteiger partial charge in [-0.2, -0.15) is 0 Å². The van der Waals surface area contributed by atoms with Crippen molar-refractivity contribution in [1.29, 1.82) is 0 Å². The smallest absolute Gasteiger partial charge is 0.328 e. The van der Waals surface area contributed by atoms with Crippen LogP contribution in [0.25, 0.3) is 0 Å². The zero-order valence-corrected chi connectivity index (χ0v) is 16.4. The van der Waals surface area contributed by atoms with Gasteiger partial charge in [0.2, 0.25) is 5.91 Å². The molecule has 0 aliphatic heterocycles. The van der Waals surface area contributed by atoms with Crippen LogP contribution >= 0.6 is 0 Å². The fourth-order valence-corrected chi connectivity index (χ4v) is 2.46. The van der Waals surface area contributed by atoms with Crippen molar-refractivity contribution in [2.24, 2.45) is 0 Å². The summed E-state index contributed by atoms with van der Waals surface area (Å²) in [6, 6.07) is 12.6. The zero-order chi connectivity index (χ0) is 21.4. The Balaban J connectivity index is 1.82. The third kappa shape index (κ3) is 7.10. The maximum absolute atomic E-state index is 12.2. The van der Waals surface area contributed by atoms with E-state index in [2.05, 4.69) is 16.0 Å². The summed E-state index contributed by atoms with van der Waals surface area (Å²) in [5.41, 5.74) is 2.33. The molecule has 2 aromatic carbocycles. The van der Waals surface area contributed by atoms with E-state index in [0.717, 1.165) is 5.56 Å². The standard InChI is InChI=1S/C21H23N3O5/c1-13-6-4-7-16(10-13)20(27)22-14(2)21(28)29-12-19(26)24-18-9-5-8-17(11-18)23-15(3)25/h4-11,14H,12H2,1-3H3,(H,22,27)(H,23,25)(H,24,26)/t14-/m0/s1. The summed E-state index contributed by atoms with van der Waals surface area (Å²) >= 11 is 0. The second-order valence-electron chi connectivity index (χ2n) is 6.48. The van der Waals surface area contributed by atoms with Gasteiger partial charge >= 0.3 is 5.97 Å². The molecule has 29 heavy (non-hydrogen) atoms. The van der Waals surface area contributed by atoms with Crippen molar-refractivity contribution in [2.75, 3.05) is 17.2 Å². The van der Waals surface area contributed by atoms with E-state index in [0.29, 0.717) is 16.9 Å². The van der Waals surface area contributed by atoms with Crippen LogP contribution < -0.4 is 16.0 Å². The first-order chi connectivity index (χ1) is 13.7. The van der Waals surface area contributed by atoms with Gasteiger partial charge in [-0.15, -0.1) is 0 Å². The molecule has 8 heteroatoms. The minimum Gasteiger partial charge on any atom is -0.454 e. The highest BCUT2D eigenvalue weighted by molar-refractivity contribution is 5.98. The van der Waals surface area contributed by atoms with Gasteiger partial charge in [-0.25, -0.2) is 4.79 Å². The van der Waals surface area contributed by atoms with Crippen molar-refractivity contribution in [1.82, 2.24) is 5.32 Å². The van der Waals surface area contributed by atoms with Crippen molar-refractivity contribution in [3.05, 3.63) is 59.7 Å². The van der Waals surface area contributed by atoms with E-state index in [1.165, 1.54) is 13.8 Å². The van der Waals surface area contributed by atoms with Crippen molar-refractivity contribution < 1.29 is 23.9 Å². The lowest BCUT2D eigenvalue weighted by molar-refractivity contribution is -0.148. The first kappa shape index (κ1) is 21.6. The number of rotatable bonds is 7. The number of ether oxygens (including phenoxy) is 1. The number of anilines is 2. The van der Waals surface area contributed by atoms with Crippen LogP contribution in [0.5, 0.6) is 0 Å². The molecule has 0 fully saturated rings. The second kappa shape index (κ2) is 10.0. The Hall–Kier alpha value is -3.68. The van der Waals surface area contributed by atoms with Gasteiger partial charge in [0.05, 0.1) is 0 Å². The quantitative estimate of drug-likeness (QED) is 0.620. The second-order valence-corrected chi connectivity index (χ2v) is 6.48. The molecule has 0 radical (unpaired) electrons. The van der Waals surface area contributed by atoms with E-state index >= 15 is 0 Å². The number of carbonyl (C=O) groups is 4. The normalized spacial score (nSPS) is 11.1. The van der Waals surface area contributed by atoms with Gasteiger partial charge in [0.15, 0.2) is 6.61 Å². The minimum atomic E-state index is -0.918. The number of benzene rings is 2. The molecule has 0 spiro atoms. The van der Waals surface area contributed by atoms with E-state index in [-0.39, 0.29) is 5.91 Å². The summed E-state index contributed by atoms with van der Waals surface area (Å²) in [5.74, 6) is -1.91. The molecule has 0 saturated heterocycles. The summed E-state index contributed by atoms with van der Waals surface area (Å²) < 4.78 is 4.96. The molecule has 152 valence electrons. The van der Waals surface area contributed by atoms with Crippen molar-refractivity contribution in [3.8, 4) is 0 Å². The number of hydrogen-bond acceptors (Lipinski definition) is 5. The molecule has 1 atom stereocenters. The maximum Gasteiger partial charge on any atom is 0.328 e. The lowest BCUT2D eigenvalue weighted by Gasteiger charge is -2.14. The van der Waals surface area contributed by atoms with Gasteiger partial charge in [0.1, 0.15) is 6.04 Å². The molecule has 0 bridgehead atoms. The first-order valence-electron chi connectivity index (χ1n) is 8.96. The molecule has 3 N–H and O–H groups in total. The molecule has 2 rings (SSSR count). The molecule has 0 heterocycles. The number of nitrogens with one attached hydrogen (secondary N) is 3. The van der Waals surface area contributed by atoms with Crippen LogP contribution in [0.1, 0.15) is 29.8 Å². The van der Waals surface area contributed by atoms with Crippen LogP contribution in [0.15, 0.2) is 48.5 Å². The topological polar surface area (TPSA) is 114 Å². The highest BCUT2D eigenvalue weighted by Gasteiger charge is 2.19. The zero-order valence-electron chi connectivity index (χ0n) is 16.4. The average Bonchev–Trinajstić information content (AvgIpc) is 2.65. The fraction of sp³-hybridized carbons (Fsp3) is 0.238. The minimum absolute atomic E-state index is 0.232. The first-order valence-corrected chi connectivity index (χ1v) is 8.96. The number of hydrogen-bond donors (Lipinski definition) is 3. The van der Waals surface area contributed by atoms with Gasteiger partial charge in [-0.1, -0.05) is 23.8 Å². The highest BCUT2D eigenvalue weighted by Crippen LogP contribution is 2.15. The van der Waals surface area contributed by atoms with Gasteiger partial charge in [-0.3, -0.25) is 14.4 Å². The lowest BCUT2D eigenvalue weighted by Crippen LogP contribution is -2.40. The summed E-state index contributed by atoms with van der Waals surface area (Å²) in [4.78, 5) is 47.3. The largest absolute Gasteiger partial charge is 0.454 e. The molecule has 0 unspecified atom stereocenters. The maximum atomic E-state index is 12.2. The molecule has 2 aromatic rings. The molecule has 0 aliphatic rings. The van der Waals surface area contributed by atoms with Crippen LogP contribution in [-0.2, 0) is 19.1 Å². The molecule has 0 aliphatic carbocycles. The molecule has 3 amide bonds. The van der Waals surface area contributed by atoms with Gasteiger partial charge < -0.3 is 20.7 Å². The summed E-state index contributed by atoms with van der Waals surface area (Å²) in [6.45, 7) is 4.21. The number of aryl methyl sites for hydroxylation is 1. The third-order valence-electron chi connectivity index (χ3n) is 3.79. The Labute approximate surface area is 168 Å². The summed E-state index contributed by atoms with van der Waals surface area (Å²) in [5, 5.41) is 7.71. The Morgan fingerprint density at radius 3 is 2.28 bits per heavy atom. The average molecular weight is 397 g/mol. The van der Waals surface area contributed by atoms with Crippen LogP contribution in [0.2, 0.25) is 0 Å². The SMILES string of the molecule is CC(=O)Nc1cccc(NC(=O)COC(=O)[C@H](C)NC(=O)c2cccc(C)c2)c1.